The van der Waals surface area contributed by atoms with Crippen molar-refractivity contribution in [1.82, 2.24) is 0 Å². The van der Waals surface area contributed by atoms with Crippen LogP contribution in [0.1, 0.15) is 34.6 Å². The molecule has 0 radical (unpaired) electrons. The standard InChI is InChI=1S/C10H10O2.C8H11NO/c1-7(11)9-3-5-10(6-4-9)8(2)12;1-9-7-3-5-8(10-2)6-4-7/h3-6H,1-2H3;3-6,9H,1-2H3. The molecule has 0 aromatic heterocycles. The fourth-order valence-electron chi connectivity index (χ4n) is 1.70. The van der Waals surface area contributed by atoms with Gasteiger partial charge in [0, 0.05) is 23.9 Å². The van der Waals surface area contributed by atoms with E-state index in [9.17, 15) is 9.59 Å². The molecule has 22 heavy (non-hydrogen) atoms. The van der Waals surface area contributed by atoms with Gasteiger partial charge in [-0.2, -0.15) is 0 Å². The Balaban J connectivity index is 0.000000224. The Morgan fingerprint density at radius 1 is 0.818 bits per heavy atom. The monoisotopic (exact) mass is 299 g/mol. The molecule has 0 unspecified atom stereocenters. The highest BCUT2D eigenvalue weighted by Gasteiger charge is 2.00. The molecule has 4 nitrogen and oxygen atoms in total. The Hall–Kier alpha value is -2.62. The van der Waals surface area contributed by atoms with Crippen LogP contribution in [-0.2, 0) is 0 Å². The molecule has 0 saturated carbocycles. The minimum absolute atomic E-state index is 0.0186. The minimum Gasteiger partial charge on any atom is -0.497 e. The van der Waals surface area contributed by atoms with Gasteiger partial charge in [-0.1, -0.05) is 24.3 Å². The van der Waals surface area contributed by atoms with Crippen molar-refractivity contribution in [2.24, 2.45) is 0 Å². The van der Waals surface area contributed by atoms with Gasteiger partial charge in [0.2, 0.25) is 0 Å². The first-order valence-corrected chi connectivity index (χ1v) is 6.91. The zero-order valence-electron chi connectivity index (χ0n) is 13.3. The molecule has 0 aliphatic heterocycles. The summed E-state index contributed by atoms with van der Waals surface area (Å²) in [5.74, 6) is 0.925. The lowest BCUT2D eigenvalue weighted by molar-refractivity contribution is 0.100. The first-order valence-electron chi connectivity index (χ1n) is 6.91. The van der Waals surface area contributed by atoms with Gasteiger partial charge in [-0.15, -0.1) is 0 Å². The van der Waals surface area contributed by atoms with Crippen molar-refractivity contribution in [3.8, 4) is 5.75 Å². The van der Waals surface area contributed by atoms with E-state index in [4.69, 9.17) is 4.74 Å². The van der Waals surface area contributed by atoms with Crippen LogP contribution in [0.4, 0.5) is 5.69 Å². The van der Waals surface area contributed by atoms with Crippen molar-refractivity contribution in [3.05, 3.63) is 59.7 Å². The van der Waals surface area contributed by atoms with Crippen molar-refractivity contribution < 1.29 is 14.3 Å². The van der Waals surface area contributed by atoms with Crippen LogP contribution in [0.15, 0.2) is 48.5 Å². The largest absolute Gasteiger partial charge is 0.497 e. The third-order valence-corrected chi connectivity index (χ3v) is 3.08. The van der Waals surface area contributed by atoms with E-state index in [1.165, 1.54) is 13.8 Å². The topological polar surface area (TPSA) is 55.4 Å². The summed E-state index contributed by atoms with van der Waals surface area (Å²) < 4.78 is 4.99. The fourth-order valence-corrected chi connectivity index (χ4v) is 1.70. The lowest BCUT2D eigenvalue weighted by Gasteiger charge is -2.00. The third-order valence-electron chi connectivity index (χ3n) is 3.08. The summed E-state index contributed by atoms with van der Waals surface area (Å²) in [6.07, 6.45) is 0. The average Bonchev–Trinajstić information content (AvgIpc) is 2.55. The predicted molar refractivity (Wildman–Crippen MR) is 89.0 cm³/mol. The van der Waals surface area contributed by atoms with E-state index in [1.54, 1.807) is 31.4 Å². The van der Waals surface area contributed by atoms with Crippen LogP contribution in [-0.4, -0.2) is 25.7 Å². The van der Waals surface area contributed by atoms with Crippen LogP contribution in [0.25, 0.3) is 0 Å². The van der Waals surface area contributed by atoms with Gasteiger partial charge in [-0.25, -0.2) is 0 Å². The Kier molecular flexibility index (Phi) is 6.83. The summed E-state index contributed by atoms with van der Waals surface area (Å²) in [6, 6.07) is 14.4. The molecule has 0 saturated heterocycles. The molecule has 2 aromatic carbocycles. The molecule has 0 atom stereocenters. The number of carbonyl (C=O) groups excluding carboxylic acids is 2. The summed E-state index contributed by atoms with van der Waals surface area (Å²) in [4.78, 5) is 21.7. The van der Waals surface area contributed by atoms with Crippen molar-refractivity contribution in [1.29, 1.82) is 0 Å². The number of hydrogen-bond donors (Lipinski definition) is 1. The number of carbonyl (C=O) groups is 2. The Labute approximate surface area is 131 Å². The summed E-state index contributed by atoms with van der Waals surface area (Å²) >= 11 is 0. The number of anilines is 1. The highest BCUT2D eigenvalue weighted by atomic mass is 16.5. The van der Waals surface area contributed by atoms with Crippen molar-refractivity contribution >= 4 is 17.3 Å². The van der Waals surface area contributed by atoms with Crippen LogP contribution in [0.5, 0.6) is 5.75 Å². The molecular weight excluding hydrogens is 278 g/mol. The molecular formula is C18H21NO3. The van der Waals surface area contributed by atoms with E-state index in [-0.39, 0.29) is 11.6 Å². The first kappa shape index (κ1) is 17.4. The molecule has 0 bridgehead atoms. The smallest absolute Gasteiger partial charge is 0.159 e. The van der Waals surface area contributed by atoms with Gasteiger partial charge in [0.15, 0.2) is 11.6 Å². The van der Waals surface area contributed by atoms with Crippen molar-refractivity contribution in [2.75, 3.05) is 19.5 Å². The number of nitrogens with one attached hydrogen (secondary N) is 1. The van der Waals surface area contributed by atoms with E-state index in [1.807, 2.05) is 31.3 Å². The van der Waals surface area contributed by atoms with Crippen LogP contribution in [0, 0.1) is 0 Å². The third kappa shape index (κ3) is 5.40. The number of ether oxygens (including phenoxy) is 1. The molecule has 0 spiro atoms. The van der Waals surface area contributed by atoms with E-state index >= 15 is 0 Å². The normalized spacial score (nSPS) is 9.27. The maximum atomic E-state index is 10.8. The number of hydrogen-bond acceptors (Lipinski definition) is 4. The van der Waals surface area contributed by atoms with E-state index in [0.29, 0.717) is 11.1 Å². The fraction of sp³-hybridized carbons (Fsp3) is 0.222. The van der Waals surface area contributed by atoms with Gasteiger partial charge in [-0.05, 0) is 38.1 Å². The van der Waals surface area contributed by atoms with Gasteiger partial charge >= 0.3 is 0 Å². The Bertz CT molecular complexity index is 560. The second kappa shape index (κ2) is 8.62. The molecule has 0 aliphatic rings. The van der Waals surface area contributed by atoms with Crippen LogP contribution in [0.2, 0.25) is 0 Å². The van der Waals surface area contributed by atoms with E-state index in [2.05, 4.69) is 5.32 Å². The summed E-state index contributed by atoms with van der Waals surface area (Å²) in [5, 5.41) is 3.02. The lowest BCUT2D eigenvalue weighted by atomic mass is 10.1. The van der Waals surface area contributed by atoms with Gasteiger partial charge in [0.25, 0.3) is 0 Å². The molecule has 2 aromatic rings. The van der Waals surface area contributed by atoms with Crippen LogP contribution < -0.4 is 10.1 Å². The van der Waals surface area contributed by atoms with E-state index in [0.717, 1.165) is 11.4 Å². The Morgan fingerprint density at radius 2 is 1.23 bits per heavy atom. The molecule has 0 aliphatic carbocycles. The quantitative estimate of drug-likeness (QED) is 0.872. The first-order chi connectivity index (χ1) is 10.5. The lowest BCUT2D eigenvalue weighted by Crippen LogP contribution is -1.95. The molecule has 4 heteroatoms. The SMILES string of the molecule is CC(=O)c1ccc(C(C)=O)cc1.CNc1ccc(OC)cc1. The predicted octanol–water partition coefficient (Wildman–Crippen LogP) is 3.83. The second-order valence-corrected chi connectivity index (χ2v) is 4.67. The zero-order chi connectivity index (χ0) is 16.5. The van der Waals surface area contributed by atoms with Crippen molar-refractivity contribution in [2.45, 2.75) is 13.8 Å². The van der Waals surface area contributed by atoms with Gasteiger partial charge in [0.1, 0.15) is 5.75 Å². The van der Waals surface area contributed by atoms with Crippen molar-refractivity contribution in [3.63, 3.8) is 0 Å². The second-order valence-electron chi connectivity index (χ2n) is 4.67. The number of ketones is 2. The molecule has 0 fully saturated rings. The molecule has 0 heterocycles. The minimum atomic E-state index is 0.0186. The number of benzene rings is 2. The Morgan fingerprint density at radius 3 is 1.50 bits per heavy atom. The highest BCUT2D eigenvalue weighted by Crippen LogP contribution is 2.13. The van der Waals surface area contributed by atoms with Gasteiger partial charge < -0.3 is 10.1 Å². The zero-order valence-corrected chi connectivity index (χ0v) is 13.3. The molecule has 1 N–H and O–H groups in total. The molecule has 0 amide bonds. The van der Waals surface area contributed by atoms with Gasteiger partial charge in [0.05, 0.1) is 7.11 Å². The summed E-state index contributed by atoms with van der Waals surface area (Å²) in [6.45, 7) is 3.01. The number of rotatable bonds is 4. The molecule has 116 valence electrons. The van der Waals surface area contributed by atoms with Crippen LogP contribution >= 0.6 is 0 Å². The maximum absolute atomic E-state index is 10.8. The number of methoxy groups -OCH3 is 1. The van der Waals surface area contributed by atoms with E-state index < -0.39 is 0 Å². The average molecular weight is 299 g/mol. The van der Waals surface area contributed by atoms with Crippen LogP contribution in [0.3, 0.4) is 0 Å². The maximum Gasteiger partial charge on any atom is 0.159 e. The summed E-state index contributed by atoms with van der Waals surface area (Å²) in [7, 11) is 3.55. The van der Waals surface area contributed by atoms with Gasteiger partial charge in [-0.3, -0.25) is 9.59 Å². The highest BCUT2D eigenvalue weighted by molar-refractivity contribution is 5.97. The molecule has 2 rings (SSSR count). The number of Topliss-reactive ketones (excluding diaryl/α,β-unsaturated/α-hetero) is 2. The summed E-state index contributed by atoms with van der Waals surface area (Å²) in [5.41, 5.74) is 2.38.